The quantitative estimate of drug-likeness (QED) is 0.452. The van der Waals surface area contributed by atoms with Crippen molar-refractivity contribution in [2.45, 2.75) is 4.90 Å². The molecule has 4 rings (SSSR count). The average molecular weight is 436 g/mol. The van der Waals surface area contributed by atoms with Crippen LogP contribution in [0.15, 0.2) is 94.2 Å². The fraction of sp³-hybridized carbons (Fsp3) is 0.208. The number of nitrogens with zero attached hydrogens (tertiary/aromatic N) is 3. The van der Waals surface area contributed by atoms with Crippen LogP contribution in [0.2, 0.25) is 0 Å². The summed E-state index contributed by atoms with van der Waals surface area (Å²) in [7, 11) is -2.15. The molecular formula is C24H25N3O3S. The number of para-hydroxylation sites is 2. The highest BCUT2D eigenvalue weighted by Gasteiger charge is 2.25. The molecule has 1 heterocycles. The van der Waals surface area contributed by atoms with Crippen molar-refractivity contribution in [3.63, 3.8) is 0 Å². The summed E-state index contributed by atoms with van der Waals surface area (Å²) in [6.07, 6.45) is 0. The molecule has 0 aliphatic carbocycles. The number of methoxy groups -OCH3 is 1. The van der Waals surface area contributed by atoms with E-state index in [1.54, 1.807) is 37.4 Å². The van der Waals surface area contributed by atoms with Crippen LogP contribution in [0, 0.1) is 0 Å². The lowest BCUT2D eigenvalue weighted by molar-refractivity contribution is 0.379. The third kappa shape index (κ3) is 4.72. The highest BCUT2D eigenvalue weighted by molar-refractivity contribution is 7.90. The number of sulfonamides is 1. The van der Waals surface area contributed by atoms with Crippen LogP contribution in [-0.4, -0.2) is 52.4 Å². The number of hydrogen-bond donors (Lipinski definition) is 0. The van der Waals surface area contributed by atoms with Crippen molar-refractivity contribution in [2.24, 2.45) is 4.40 Å². The molecule has 1 aliphatic heterocycles. The van der Waals surface area contributed by atoms with Crippen molar-refractivity contribution >= 4 is 21.5 Å². The molecule has 0 radical (unpaired) electrons. The normalized spacial score (nSPS) is 15.1. The van der Waals surface area contributed by atoms with Gasteiger partial charge in [0.05, 0.1) is 17.7 Å². The Hall–Kier alpha value is -3.32. The van der Waals surface area contributed by atoms with Gasteiger partial charge in [0, 0.05) is 31.7 Å². The predicted octanol–water partition coefficient (Wildman–Crippen LogP) is 3.65. The molecule has 31 heavy (non-hydrogen) atoms. The second kappa shape index (κ2) is 9.22. The third-order valence-electron chi connectivity index (χ3n) is 5.28. The van der Waals surface area contributed by atoms with E-state index in [9.17, 15) is 8.42 Å². The summed E-state index contributed by atoms with van der Waals surface area (Å²) in [5.74, 6) is 1.31. The molecule has 160 valence electrons. The Balaban J connectivity index is 1.62. The van der Waals surface area contributed by atoms with Crippen LogP contribution in [0.1, 0.15) is 5.56 Å². The number of amidine groups is 1. The first-order chi connectivity index (χ1) is 15.1. The summed E-state index contributed by atoms with van der Waals surface area (Å²) in [6.45, 7) is 2.77. The van der Waals surface area contributed by atoms with Crippen LogP contribution in [0.3, 0.4) is 0 Å². The van der Waals surface area contributed by atoms with E-state index in [1.807, 2.05) is 59.5 Å². The smallest absolute Gasteiger partial charge is 0.284 e. The summed E-state index contributed by atoms with van der Waals surface area (Å²) >= 11 is 0. The molecule has 0 N–H and O–H groups in total. The van der Waals surface area contributed by atoms with Crippen molar-refractivity contribution in [1.29, 1.82) is 0 Å². The number of anilines is 1. The van der Waals surface area contributed by atoms with Crippen LogP contribution >= 0.6 is 0 Å². The van der Waals surface area contributed by atoms with Crippen LogP contribution in [0.4, 0.5) is 5.69 Å². The lowest BCUT2D eigenvalue weighted by atomic mass is 10.1. The highest BCUT2D eigenvalue weighted by atomic mass is 32.2. The molecule has 0 bridgehead atoms. The molecule has 0 atom stereocenters. The van der Waals surface area contributed by atoms with E-state index in [2.05, 4.69) is 9.30 Å². The first-order valence-corrected chi connectivity index (χ1v) is 11.6. The molecule has 6 nitrogen and oxygen atoms in total. The number of piperazine rings is 1. The van der Waals surface area contributed by atoms with Crippen molar-refractivity contribution in [3.05, 3.63) is 90.5 Å². The van der Waals surface area contributed by atoms with E-state index in [4.69, 9.17) is 4.74 Å². The lowest BCUT2D eigenvalue weighted by Gasteiger charge is -2.38. The average Bonchev–Trinajstić information content (AvgIpc) is 2.84. The summed E-state index contributed by atoms with van der Waals surface area (Å²) in [6, 6.07) is 25.8. The van der Waals surface area contributed by atoms with Gasteiger partial charge in [-0.25, -0.2) is 0 Å². The summed E-state index contributed by atoms with van der Waals surface area (Å²) in [5, 5.41) is 0. The Morgan fingerprint density at radius 1 is 0.806 bits per heavy atom. The zero-order valence-corrected chi connectivity index (χ0v) is 18.2. The molecule has 0 aromatic heterocycles. The molecule has 1 fully saturated rings. The van der Waals surface area contributed by atoms with Gasteiger partial charge in [-0.3, -0.25) is 0 Å². The van der Waals surface area contributed by atoms with Gasteiger partial charge in [-0.05, 0) is 24.3 Å². The van der Waals surface area contributed by atoms with Crippen LogP contribution in [0.25, 0.3) is 0 Å². The maximum absolute atomic E-state index is 13.0. The van der Waals surface area contributed by atoms with Crippen LogP contribution in [-0.2, 0) is 10.0 Å². The maximum atomic E-state index is 13.0. The van der Waals surface area contributed by atoms with Gasteiger partial charge in [0.2, 0.25) is 0 Å². The number of ether oxygens (including phenoxy) is 1. The molecular weight excluding hydrogens is 410 g/mol. The van der Waals surface area contributed by atoms with Gasteiger partial charge in [-0.2, -0.15) is 8.42 Å². The molecule has 0 unspecified atom stereocenters. The molecule has 3 aromatic rings. The second-order valence-electron chi connectivity index (χ2n) is 7.21. The van der Waals surface area contributed by atoms with E-state index in [-0.39, 0.29) is 4.90 Å². The Morgan fingerprint density at radius 2 is 1.39 bits per heavy atom. The Bertz CT molecular complexity index is 1140. The van der Waals surface area contributed by atoms with E-state index < -0.39 is 10.0 Å². The largest absolute Gasteiger partial charge is 0.495 e. The number of benzene rings is 3. The Labute approximate surface area is 183 Å². The molecule has 0 spiro atoms. The minimum absolute atomic E-state index is 0.191. The lowest BCUT2D eigenvalue weighted by Crippen LogP contribution is -2.49. The molecule has 7 heteroatoms. The van der Waals surface area contributed by atoms with E-state index in [1.165, 1.54) is 0 Å². The minimum Gasteiger partial charge on any atom is -0.495 e. The number of rotatable bonds is 5. The third-order valence-corrected chi connectivity index (χ3v) is 6.57. The zero-order valence-electron chi connectivity index (χ0n) is 17.4. The van der Waals surface area contributed by atoms with Gasteiger partial charge in [-0.1, -0.05) is 60.7 Å². The fourth-order valence-electron chi connectivity index (χ4n) is 3.69. The van der Waals surface area contributed by atoms with Crippen molar-refractivity contribution < 1.29 is 13.2 Å². The maximum Gasteiger partial charge on any atom is 0.284 e. The van der Waals surface area contributed by atoms with E-state index >= 15 is 0 Å². The van der Waals surface area contributed by atoms with Crippen molar-refractivity contribution in [2.75, 3.05) is 38.2 Å². The van der Waals surface area contributed by atoms with Crippen LogP contribution in [0.5, 0.6) is 5.75 Å². The van der Waals surface area contributed by atoms with Gasteiger partial charge in [-0.15, -0.1) is 4.40 Å². The topological polar surface area (TPSA) is 62.2 Å². The van der Waals surface area contributed by atoms with Crippen molar-refractivity contribution in [1.82, 2.24) is 4.90 Å². The first-order valence-electron chi connectivity index (χ1n) is 10.2. The summed E-state index contributed by atoms with van der Waals surface area (Å²) in [4.78, 5) is 4.49. The Morgan fingerprint density at radius 3 is 2.03 bits per heavy atom. The van der Waals surface area contributed by atoms with Crippen LogP contribution < -0.4 is 9.64 Å². The minimum atomic E-state index is -3.82. The van der Waals surface area contributed by atoms with Gasteiger partial charge in [0.15, 0.2) is 0 Å². The van der Waals surface area contributed by atoms with Gasteiger partial charge in [0.1, 0.15) is 11.6 Å². The highest BCUT2D eigenvalue weighted by Crippen LogP contribution is 2.28. The first kappa shape index (κ1) is 20.9. The number of hydrogen-bond acceptors (Lipinski definition) is 4. The molecule has 1 saturated heterocycles. The Kier molecular flexibility index (Phi) is 6.23. The van der Waals surface area contributed by atoms with Gasteiger partial charge >= 0.3 is 0 Å². The zero-order chi connectivity index (χ0) is 21.7. The van der Waals surface area contributed by atoms with Gasteiger partial charge < -0.3 is 14.5 Å². The molecule has 0 saturated carbocycles. The molecule has 0 amide bonds. The predicted molar refractivity (Wildman–Crippen MR) is 123 cm³/mol. The molecule has 3 aromatic carbocycles. The van der Waals surface area contributed by atoms with E-state index in [0.29, 0.717) is 18.9 Å². The SMILES string of the molecule is COc1ccccc1N1CCN(/C(=N\S(=O)(=O)c2ccccc2)c2ccccc2)CC1. The van der Waals surface area contributed by atoms with Crippen molar-refractivity contribution in [3.8, 4) is 5.75 Å². The van der Waals surface area contributed by atoms with Gasteiger partial charge in [0.25, 0.3) is 10.0 Å². The second-order valence-corrected chi connectivity index (χ2v) is 8.82. The summed E-state index contributed by atoms with van der Waals surface area (Å²) in [5.41, 5.74) is 1.83. The van der Waals surface area contributed by atoms with E-state index in [0.717, 1.165) is 30.1 Å². The fourth-order valence-corrected chi connectivity index (χ4v) is 4.74. The summed E-state index contributed by atoms with van der Waals surface area (Å²) < 4.78 is 35.7. The monoisotopic (exact) mass is 435 g/mol. The molecule has 1 aliphatic rings. The standard InChI is InChI=1S/C24H25N3O3S/c1-30-23-15-9-8-14-22(23)26-16-18-27(19-17-26)24(20-10-4-2-5-11-20)25-31(28,29)21-12-6-3-7-13-21/h2-15H,16-19H2,1H3/b25-24-.